The molecule has 1 fully saturated rings. The summed E-state index contributed by atoms with van der Waals surface area (Å²) in [6.07, 6.45) is -0.447. The highest BCUT2D eigenvalue weighted by molar-refractivity contribution is 5.49. The predicted octanol–water partition coefficient (Wildman–Crippen LogP) is 3.81. The fourth-order valence-corrected chi connectivity index (χ4v) is 5.10. The van der Waals surface area contributed by atoms with Gasteiger partial charge in [0.25, 0.3) is 0 Å². The molecule has 1 aliphatic rings. The van der Waals surface area contributed by atoms with Crippen LogP contribution in [0.15, 0.2) is 89.9 Å². The molecule has 0 saturated carbocycles. The van der Waals surface area contributed by atoms with Gasteiger partial charge in [0.05, 0.1) is 26.9 Å². The lowest BCUT2D eigenvalue weighted by Crippen LogP contribution is -2.38. The SMILES string of the molecule is COc1ccc(C(OC[C@H]2O[C@@H](n3cc(C)c(N)nc3=O)CC2O)(c2ccccc2)c2ccc(OC)cc2)cc1. The first-order valence-electron chi connectivity index (χ1n) is 13.0. The summed E-state index contributed by atoms with van der Waals surface area (Å²) in [4.78, 5) is 16.4. The van der Waals surface area contributed by atoms with E-state index in [9.17, 15) is 9.90 Å². The van der Waals surface area contributed by atoms with E-state index in [1.165, 1.54) is 4.57 Å². The molecule has 40 heavy (non-hydrogen) atoms. The zero-order valence-electron chi connectivity index (χ0n) is 22.7. The normalized spacial score (nSPS) is 18.9. The Balaban J connectivity index is 1.53. The van der Waals surface area contributed by atoms with Crippen molar-refractivity contribution in [1.29, 1.82) is 0 Å². The summed E-state index contributed by atoms with van der Waals surface area (Å²) < 4.78 is 25.2. The van der Waals surface area contributed by atoms with Crippen LogP contribution < -0.4 is 20.9 Å². The topological polar surface area (TPSA) is 118 Å². The van der Waals surface area contributed by atoms with Crippen molar-refractivity contribution >= 4 is 5.82 Å². The molecule has 0 aliphatic carbocycles. The smallest absolute Gasteiger partial charge is 0.351 e. The van der Waals surface area contributed by atoms with Crippen LogP contribution in [-0.4, -0.2) is 47.7 Å². The van der Waals surface area contributed by atoms with Crippen LogP contribution in [0.25, 0.3) is 0 Å². The summed E-state index contributed by atoms with van der Waals surface area (Å²) >= 11 is 0. The third-order valence-electron chi connectivity index (χ3n) is 7.33. The van der Waals surface area contributed by atoms with E-state index in [1.54, 1.807) is 27.3 Å². The van der Waals surface area contributed by atoms with Crippen LogP contribution in [0, 0.1) is 6.92 Å². The molecule has 4 aromatic rings. The molecule has 1 saturated heterocycles. The Hall–Kier alpha value is -4.18. The number of ether oxygens (including phenoxy) is 4. The largest absolute Gasteiger partial charge is 0.497 e. The summed E-state index contributed by atoms with van der Waals surface area (Å²) in [6, 6.07) is 25.3. The minimum atomic E-state index is -1.06. The number of nitrogens with two attached hydrogens (primary N) is 1. The maximum absolute atomic E-state index is 12.5. The van der Waals surface area contributed by atoms with Gasteiger partial charge in [0.2, 0.25) is 0 Å². The molecule has 0 spiro atoms. The molecule has 0 radical (unpaired) electrons. The third-order valence-corrected chi connectivity index (χ3v) is 7.33. The molecule has 2 heterocycles. The zero-order chi connectivity index (χ0) is 28.3. The molecular formula is C31H33N3O6. The number of hydrogen-bond donors (Lipinski definition) is 2. The van der Waals surface area contributed by atoms with Crippen LogP contribution >= 0.6 is 0 Å². The van der Waals surface area contributed by atoms with Gasteiger partial charge in [-0.25, -0.2) is 4.79 Å². The van der Waals surface area contributed by atoms with Gasteiger partial charge in [-0.2, -0.15) is 4.98 Å². The van der Waals surface area contributed by atoms with Crippen molar-refractivity contribution in [3.63, 3.8) is 0 Å². The first-order chi connectivity index (χ1) is 19.3. The molecular weight excluding hydrogens is 510 g/mol. The first kappa shape index (κ1) is 27.4. The maximum atomic E-state index is 12.5. The number of aryl methyl sites for hydroxylation is 1. The second-order valence-electron chi connectivity index (χ2n) is 9.75. The third kappa shape index (κ3) is 5.19. The van der Waals surface area contributed by atoms with Gasteiger partial charge in [0.1, 0.15) is 35.2 Å². The average molecular weight is 544 g/mol. The molecule has 1 unspecified atom stereocenters. The molecule has 3 N–H and O–H groups in total. The Morgan fingerprint density at radius 2 is 1.50 bits per heavy atom. The summed E-state index contributed by atoms with van der Waals surface area (Å²) in [5.41, 5.74) is 7.47. The lowest BCUT2D eigenvalue weighted by atomic mass is 9.80. The minimum Gasteiger partial charge on any atom is -0.497 e. The van der Waals surface area contributed by atoms with Crippen molar-refractivity contribution in [1.82, 2.24) is 9.55 Å². The average Bonchev–Trinajstić information content (AvgIpc) is 3.36. The van der Waals surface area contributed by atoms with Crippen molar-refractivity contribution in [3.8, 4) is 11.5 Å². The summed E-state index contributed by atoms with van der Waals surface area (Å²) in [5, 5.41) is 11.0. The molecule has 5 rings (SSSR count). The molecule has 9 heteroatoms. The second-order valence-corrected chi connectivity index (χ2v) is 9.75. The monoisotopic (exact) mass is 543 g/mol. The van der Waals surface area contributed by atoms with Crippen LogP contribution in [0.5, 0.6) is 11.5 Å². The maximum Gasteiger partial charge on any atom is 0.351 e. The Morgan fingerprint density at radius 1 is 0.950 bits per heavy atom. The number of nitrogen functional groups attached to an aromatic ring is 1. The number of anilines is 1. The van der Waals surface area contributed by atoms with Crippen LogP contribution in [0.1, 0.15) is 34.9 Å². The van der Waals surface area contributed by atoms with Crippen molar-refractivity contribution in [2.24, 2.45) is 0 Å². The molecule has 3 atom stereocenters. The summed E-state index contributed by atoms with van der Waals surface area (Å²) in [6.45, 7) is 1.81. The number of nitrogens with zero attached hydrogens (tertiary/aromatic N) is 2. The van der Waals surface area contributed by atoms with Gasteiger partial charge in [0, 0.05) is 18.2 Å². The molecule has 9 nitrogen and oxygen atoms in total. The van der Waals surface area contributed by atoms with E-state index in [0.29, 0.717) is 5.56 Å². The first-order valence-corrected chi connectivity index (χ1v) is 13.0. The van der Waals surface area contributed by atoms with Gasteiger partial charge in [0.15, 0.2) is 0 Å². The van der Waals surface area contributed by atoms with Crippen LogP contribution in [-0.2, 0) is 15.1 Å². The summed E-state index contributed by atoms with van der Waals surface area (Å²) in [5.74, 6) is 1.61. The number of benzene rings is 3. The second kappa shape index (κ2) is 11.5. The number of aliphatic hydroxyl groups is 1. The van der Waals surface area contributed by atoms with Crippen molar-refractivity contribution in [2.75, 3.05) is 26.6 Å². The fraction of sp³-hybridized carbons (Fsp3) is 0.290. The van der Waals surface area contributed by atoms with Crippen molar-refractivity contribution in [3.05, 3.63) is 118 Å². The predicted molar refractivity (Wildman–Crippen MR) is 150 cm³/mol. The number of aliphatic hydroxyl groups excluding tert-OH is 1. The van der Waals surface area contributed by atoms with Crippen LogP contribution in [0.3, 0.4) is 0 Å². The van der Waals surface area contributed by atoms with Crippen LogP contribution in [0.2, 0.25) is 0 Å². The highest BCUT2D eigenvalue weighted by Crippen LogP contribution is 2.42. The van der Waals surface area contributed by atoms with E-state index in [2.05, 4.69) is 4.98 Å². The molecule has 0 amide bonds. The molecule has 0 bridgehead atoms. The zero-order valence-corrected chi connectivity index (χ0v) is 22.7. The summed E-state index contributed by atoms with van der Waals surface area (Å²) in [7, 11) is 3.25. The number of rotatable bonds is 9. The van der Waals surface area contributed by atoms with E-state index in [1.807, 2.05) is 78.9 Å². The lowest BCUT2D eigenvalue weighted by molar-refractivity contribution is -0.0944. The van der Waals surface area contributed by atoms with E-state index >= 15 is 0 Å². The molecule has 208 valence electrons. The molecule has 3 aromatic carbocycles. The van der Waals surface area contributed by atoms with E-state index < -0.39 is 29.7 Å². The number of aromatic nitrogens is 2. The van der Waals surface area contributed by atoms with Crippen molar-refractivity contribution < 1.29 is 24.1 Å². The Labute approximate surface area is 232 Å². The Bertz CT molecular complexity index is 1440. The standard InChI is InChI=1S/C31H33N3O6/c1-20-18-34(30(36)33-29(20)32)28-17-26(35)27(40-28)19-39-31(21-7-5-4-6-8-21,22-9-13-24(37-2)14-10-22)23-11-15-25(38-3)16-12-23/h4-16,18,26-28,35H,17,19H2,1-3H3,(H2,32,33,36)/t26?,27-,28-/m1/s1. The van der Waals surface area contributed by atoms with Crippen LogP contribution in [0.4, 0.5) is 5.82 Å². The Morgan fingerprint density at radius 3 is 2.05 bits per heavy atom. The van der Waals surface area contributed by atoms with E-state index in [0.717, 1.165) is 28.2 Å². The van der Waals surface area contributed by atoms with Gasteiger partial charge < -0.3 is 29.8 Å². The van der Waals surface area contributed by atoms with Gasteiger partial charge in [-0.3, -0.25) is 4.57 Å². The van der Waals surface area contributed by atoms with Gasteiger partial charge in [-0.1, -0.05) is 54.6 Å². The lowest BCUT2D eigenvalue weighted by Gasteiger charge is -2.37. The highest BCUT2D eigenvalue weighted by atomic mass is 16.6. The van der Waals surface area contributed by atoms with Crippen molar-refractivity contribution in [2.45, 2.75) is 37.4 Å². The van der Waals surface area contributed by atoms with Gasteiger partial charge in [-0.05, 0) is 47.9 Å². The quantitative estimate of drug-likeness (QED) is 0.306. The molecule has 1 aromatic heterocycles. The highest BCUT2D eigenvalue weighted by Gasteiger charge is 2.42. The number of methoxy groups -OCH3 is 2. The molecule has 1 aliphatic heterocycles. The minimum absolute atomic E-state index is 0.0424. The Kier molecular flexibility index (Phi) is 7.88. The van der Waals surface area contributed by atoms with E-state index in [-0.39, 0.29) is 18.8 Å². The number of hydrogen-bond acceptors (Lipinski definition) is 8. The van der Waals surface area contributed by atoms with E-state index in [4.69, 9.17) is 24.7 Å². The fourth-order valence-electron chi connectivity index (χ4n) is 5.10. The van der Waals surface area contributed by atoms with Gasteiger partial charge in [-0.15, -0.1) is 0 Å². The van der Waals surface area contributed by atoms with Gasteiger partial charge >= 0.3 is 5.69 Å².